The zero-order chi connectivity index (χ0) is 18.4. The molecule has 4 nitrogen and oxygen atoms in total. The second-order valence-electron chi connectivity index (χ2n) is 6.84. The summed E-state index contributed by atoms with van der Waals surface area (Å²) in [5.41, 5.74) is 2.37. The van der Waals surface area contributed by atoms with Crippen molar-refractivity contribution in [1.82, 2.24) is 4.90 Å². The van der Waals surface area contributed by atoms with Gasteiger partial charge in [-0.05, 0) is 31.4 Å². The quantitative estimate of drug-likeness (QED) is 0.765. The van der Waals surface area contributed by atoms with Crippen molar-refractivity contribution < 1.29 is 9.69 Å². The van der Waals surface area contributed by atoms with Crippen molar-refractivity contribution in [2.24, 2.45) is 0 Å². The van der Waals surface area contributed by atoms with Gasteiger partial charge < -0.3 is 15.1 Å². The molecule has 2 N–H and O–H groups in total. The summed E-state index contributed by atoms with van der Waals surface area (Å²) in [6, 6.07) is 18.6. The molecule has 3 rings (SSSR count). The van der Waals surface area contributed by atoms with Crippen molar-refractivity contribution >= 4 is 23.4 Å². The fraction of sp³-hybridized carbons (Fsp3) is 0.381. The average molecular weight is 371 g/mol. The molecule has 0 unspecified atom stereocenters. The maximum atomic E-state index is 12.8. The summed E-state index contributed by atoms with van der Waals surface area (Å²) >= 11 is 1.71. The van der Waals surface area contributed by atoms with E-state index < -0.39 is 0 Å². The van der Waals surface area contributed by atoms with Crippen LogP contribution < -0.4 is 10.2 Å². The Kier molecular flexibility index (Phi) is 6.58. The summed E-state index contributed by atoms with van der Waals surface area (Å²) in [5, 5.41) is 3.35. The van der Waals surface area contributed by atoms with Crippen LogP contribution in [0.3, 0.4) is 0 Å². The molecule has 0 saturated carbocycles. The van der Waals surface area contributed by atoms with Gasteiger partial charge in [0.2, 0.25) is 5.91 Å². The van der Waals surface area contributed by atoms with Crippen LogP contribution in [0.2, 0.25) is 0 Å². The van der Waals surface area contributed by atoms with Gasteiger partial charge in [-0.25, -0.2) is 0 Å². The fourth-order valence-electron chi connectivity index (χ4n) is 3.40. The molecule has 1 fully saturated rings. The maximum absolute atomic E-state index is 12.8. The first kappa shape index (κ1) is 18.8. The Hall–Kier alpha value is -1.98. The van der Waals surface area contributed by atoms with Crippen LogP contribution in [0.15, 0.2) is 59.5 Å². The van der Waals surface area contributed by atoms with E-state index in [-0.39, 0.29) is 11.9 Å². The highest BCUT2D eigenvalue weighted by Crippen LogP contribution is 2.19. The van der Waals surface area contributed by atoms with E-state index in [9.17, 15) is 4.79 Å². The highest BCUT2D eigenvalue weighted by molar-refractivity contribution is 7.98. The number of piperazine rings is 1. The molecule has 1 atom stereocenters. The lowest BCUT2D eigenvalue weighted by Gasteiger charge is -2.34. The van der Waals surface area contributed by atoms with E-state index in [1.165, 1.54) is 10.5 Å². The summed E-state index contributed by atoms with van der Waals surface area (Å²) in [6.07, 6.45) is 2.06. The van der Waals surface area contributed by atoms with Crippen LogP contribution in [0, 0.1) is 0 Å². The zero-order valence-electron chi connectivity index (χ0n) is 15.6. The summed E-state index contributed by atoms with van der Waals surface area (Å²) in [6.45, 7) is 6.68. The molecule has 138 valence electrons. The Morgan fingerprint density at radius 2 is 1.88 bits per heavy atom. The van der Waals surface area contributed by atoms with Crippen LogP contribution in [0.1, 0.15) is 12.5 Å². The van der Waals surface area contributed by atoms with Crippen molar-refractivity contribution in [3.8, 4) is 0 Å². The number of thioether (sulfide) groups is 1. The van der Waals surface area contributed by atoms with Crippen molar-refractivity contribution in [2.45, 2.75) is 24.4 Å². The average Bonchev–Trinajstić information content (AvgIpc) is 2.69. The molecule has 1 amide bonds. The van der Waals surface area contributed by atoms with Gasteiger partial charge in [0.05, 0.1) is 26.2 Å². The van der Waals surface area contributed by atoms with Crippen LogP contribution in [-0.2, 0) is 11.3 Å². The van der Waals surface area contributed by atoms with Crippen molar-refractivity contribution in [3.63, 3.8) is 0 Å². The van der Waals surface area contributed by atoms with Crippen molar-refractivity contribution in [3.05, 3.63) is 60.2 Å². The third-order valence-corrected chi connectivity index (χ3v) is 5.63. The number of hydrogen-bond acceptors (Lipinski definition) is 3. The van der Waals surface area contributed by atoms with Gasteiger partial charge in [0, 0.05) is 16.1 Å². The molecule has 2 aromatic carbocycles. The highest BCUT2D eigenvalue weighted by atomic mass is 32.2. The summed E-state index contributed by atoms with van der Waals surface area (Å²) in [5.74, 6) is 0.193. The molecule has 0 bridgehead atoms. The molecule has 1 aliphatic heterocycles. The normalized spacial score (nSPS) is 16.3. The van der Waals surface area contributed by atoms with Gasteiger partial charge in [-0.2, -0.15) is 0 Å². The van der Waals surface area contributed by atoms with E-state index in [0.717, 1.165) is 38.4 Å². The maximum Gasteiger partial charge on any atom is 0.245 e. The fourth-order valence-corrected chi connectivity index (χ4v) is 3.86. The number of benzene rings is 2. The van der Waals surface area contributed by atoms with E-state index >= 15 is 0 Å². The lowest BCUT2D eigenvalue weighted by atomic mass is 10.2. The lowest BCUT2D eigenvalue weighted by Crippen LogP contribution is -3.13. The number of hydrogen-bond donors (Lipinski definition) is 2. The standard InChI is InChI=1S/C21H27N3OS/c1-17(22-19-9-6-10-20(15-19)26-2)21(25)24-13-11-23(12-14-24)16-18-7-4-3-5-8-18/h3-10,15,17,22H,11-14,16H2,1-2H3/p+1/t17-/m0/s1. The van der Waals surface area contributed by atoms with Gasteiger partial charge >= 0.3 is 0 Å². The minimum atomic E-state index is -0.206. The van der Waals surface area contributed by atoms with Crippen LogP contribution in [0.25, 0.3) is 0 Å². The number of anilines is 1. The smallest absolute Gasteiger partial charge is 0.245 e. The Labute approximate surface area is 160 Å². The molecule has 1 saturated heterocycles. The minimum Gasteiger partial charge on any atom is -0.374 e. The number of carbonyl (C=O) groups is 1. The van der Waals surface area contributed by atoms with Crippen molar-refractivity contribution in [2.75, 3.05) is 37.8 Å². The third-order valence-electron chi connectivity index (χ3n) is 4.90. The SMILES string of the molecule is CSc1cccc(N[C@@H](C)C(=O)N2CC[NH+](Cc3ccccc3)CC2)c1. The zero-order valence-corrected chi connectivity index (χ0v) is 16.4. The lowest BCUT2D eigenvalue weighted by molar-refractivity contribution is -0.917. The number of rotatable bonds is 6. The first-order valence-electron chi connectivity index (χ1n) is 9.22. The van der Waals surface area contributed by atoms with E-state index in [4.69, 9.17) is 0 Å². The first-order chi connectivity index (χ1) is 12.7. The minimum absolute atomic E-state index is 0.193. The van der Waals surface area contributed by atoms with Gasteiger partial charge in [0.1, 0.15) is 12.6 Å². The molecule has 1 heterocycles. The third kappa shape index (κ3) is 5.02. The van der Waals surface area contributed by atoms with E-state index in [0.29, 0.717) is 0 Å². The monoisotopic (exact) mass is 370 g/mol. The molecule has 1 aliphatic rings. The van der Waals surface area contributed by atoms with Crippen LogP contribution >= 0.6 is 11.8 Å². The largest absolute Gasteiger partial charge is 0.374 e. The molecular formula is C21H28N3OS+. The van der Waals surface area contributed by atoms with Gasteiger partial charge in [0.15, 0.2) is 0 Å². The van der Waals surface area contributed by atoms with E-state index in [1.54, 1.807) is 16.7 Å². The molecule has 0 spiro atoms. The molecule has 0 aliphatic carbocycles. The van der Waals surface area contributed by atoms with Crippen LogP contribution in [-0.4, -0.2) is 49.3 Å². The predicted molar refractivity (Wildman–Crippen MR) is 109 cm³/mol. The molecule has 2 aromatic rings. The number of amides is 1. The number of quaternary nitrogens is 1. The Morgan fingerprint density at radius 3 is 2.58 bits per heavy atom. The molecule has 5 heteroatoms. The molecule has 0 radical (unpaired) electrons. The van der Waals surface area contributed by atoms with Gasteiger partial charge in [-0.1, -0.05) is 36.4 Å². The number of nitrogens with one attached hydrogen (secondary N) is 2. The second-order valence-corrected chi connectivity index (χ2v) is 7.72. The van der Waals surface area contributed by atoms with E-state index in [2.05, 4.69) is 54.0 Å². The van der Waals surface area contributed by atoms with Crippen LogP contribution in [0.5, 0.6) is 0 Å². The Bertz CT molecular complexity index is 714. The number of carbonyl (C=O) groups excluding carboxylic acids is 1. The second kappa shape index (κ2) is 9.10. The van der Waals surface area contributed by atoms with Gasteiger partial charge in [-0.3, -0.25) is 4.79 Å². The van der Waals surface area contributed by atoms with Gasteiger partial charge in [-0.15, -0.1) is 11.8 Å². The topological polar surface area (TPSA) is 36.8 Å². The highest BCUT2D eigenvalue weighted by Gasteiger charge is 2.26. The van der Waals surface area contributed by atoms with E-state index in [1.807, 2.05) is 24.0 Å². The van der Waals surface area contributed by atoms with Crippen LogP contribution in [0.4, 0.5) is 5.69 Å². The summed E-state index contributed by atoms with van der Waals surface area (Å²) in [4.78, 5) is 17.5. The predicted octanol–water partition coefficient (Wildman–Crippen LogP) is 2.14. The first-order valence-corrected chi connectivity index (χ1v) is 10.4. The summed E-state index contributed by atoms with van der Waals surface area (Å²) < 4.78 is 0. The molecule has 0 aromatic heterocycles. The summed E-state index contributed by atoms with van der Waals surface area (Å²) in [7, 11) is 0. The molecule has 26 heavy (non-hydrogen) atoms. The Morgan fingerprint density at radius 1 is 1.15 bits per heavy atom. The van der Waals surface area contributed by atoms with Crippen molar-refractivity contribution in [1.29, 1.82) is 0 Å². The molecular weight excluding hydrogens is 342 g/mol. The Balaban J connectivity index is 1.49. The number of nitrogens with zero attached hydrogens (tertiary/aromatic N) is 1. The van der Waals surface area contributed by atoms with Gasteiger partial charge in [0.25, 0.3) is 0 Å².